The SMILES string of the molecule is CC(C)(C)OC(=O)N1CCC(Nc2ncc(F)c(-c3cnc4ccccn34)n2)CC1. The topological polar surface area (TPSA) is 84.6 Å². The van der Waals surface area contributed by atoms with E-state index in [0.717, 1.165) is 18.5 Å². The van der Waals surface area contributed by atoms with Crippen LogP contribution in [0.1, 0.15) is 33.6 Å². The van der Waals surface area contributed by atoms with Gasteiger partial charge in [-0.25, -0.2) is 24.1 Å². The van der Waals surface area contributed by atoms with Crippen molar-refractivity contribution >= 4 is 17.7 Å². The van der Waals surface area contributed by atoms with E-state index < -0.39 is 11.4 Å². The zero-order valence-electron chi connectivity index (χ0n) is 17.3. The molecule has 3 aromatic rings. The van der Waals surface area contributed by atoms with E-state index in [1.807, 2.05) is 45.2 Å². The lowest BCUT2D eigenvalue weighted by atomic mass is 10.1. The van der Waals surface area contributed by atoms with Gasteiger partial charge in [0.2, 0.25) is 5.95 Å². The molecule has 0 spiro atoms. The van der Waals surface area contributed by atoms with Gasteiger partial charge in [0.15, 0.2) is 5.82 Å². The van der Waals surface area contributed by atoms with Gasteiger partial charge in [0, 0.05) is 25.3 Å². The van der Waals surface area contributed by atoms with E-state index in [1.54, 1.807) is 15.5 Å². The standard InChI is InChI=1S/C21H25FN6O2/c1-21(2,3)30-20(29)27-10-7-14(8-11-27)25-19-24-12-15(22)18(26-19)16-13-23-17-6-4-5-9-28(16)17/h4-6,9,12-14H,7-8,10-11H2,1-3H3,(H,24,25,26). The second kappa shape index (κ2) is 7.89. The third kappa shape index (κ3) is 4.34. The van der Waals surface area contributed by atoms with Gasteiger partial charge in [-0.2, -0.15) is 0 Å². The zero-order chi connectivity index (χ0) is 21.3. The second-order valence-electron chi connectivity index (χ2n) is 8.35. The highest BCUT2D eigenvalue weighted by Crippen LogP contribution is 2.24. The Morgan fingerprint density at radius 2 is 1.97 bits per heavy atom. The molecule has 0 unspecified atom stereocenters. The van der Waals surface area contributed by atoms with Gasteiger partial charge >= 0.3 is 6.09 Å². The van der Waals surface area contributed by atoms with E-state index in [0.29, 0.717) is 24.7 Å². The fraction of sp³-hybridized carbons (Fsp3) is 0.429. The van der Waals surface area contributed by atoms with Crippen LogP contribution >= 0.6 is 0 Å². The first kappa shape index (κ1) is 20.1. The molecule has 0 aliphatic carbocycles. The first-order valence-electron chi connectivity index (χ1n) is 9.99. The lowest BCUT2D eigenvalue weighted by Gasteiger charge is -2.33. The van der Waals surface area contributed by atoms with Gasteiger partial charge in [-0.15, -0.1) is 0 Å². The quantitative estimate of drug-likeness (QED) is 0.705. The van der Waals surface area contributed by atoms with Crippen LogP contribution in [-0.2, 0) is 4.74 Å². The predicted octanol–water partition coefficient (Wildman–Crippen LogP) is 3.74. The number of imidazole rings is 1. The predicted molar refractivity (Wildman–Crippen MR) is 111 cm³/mol. The number of piperidine rings is 1. The molecule has 8 nitrogen and oxygen atoms in total. The van der Waals surface area contributed by atoms with Gasteiger partial charge in [-0.3, -0.25) is 4.40 Å². The van der Waals surface area contributed by atoms with Crippen molar-refractivity contribution in [2.24, 2.45) is 0 Å². The minimum atomic E-state index is -0.512. The number of hydrogen-bond acceptors (Lipinski definition) is 6. The molecule has 0 atom stereocenters. The Kier molecular flexibility index (Phi) is 5.27. The third-order valence-electron chi connectivity index (χ3n) is 4.88. The number of rotatable bonds is 3. The maximum atomic E-state index is 14.5. The minimum absolute atomic E-state index is 0.0872. The van der Waals surface area contributed by atoms with Crippen LogP contribution in [0.15, 0.2) is 36.8 Å². The number of pyridine rings is 1. The van der Waals surface area contributed by atoms with Gasteiger partial charge < -0.3 is 15.0 Å². The fourth-order valence-electron chi connectivity index (χ4n) is 3.44. The van der Waals surface area contributed by atoms with E-state index >= 15 is 0 Å². The number of nitrogens with one attached hydrogen (secondary N) is 1. The number of fused-ring (bicyclic) bond motifs is 1. The number of carbonyl (C=O) groups is 1. The molecule has 158 valence electrons. The molecular weight excluding hydrogens is 387 g/mol. The van der Waals surface area contributed by atoms with E-state index in [2.05, 4.69) is 20.3 Å². The first-order valence-corrected chi connectivity index (χ1v) is 9.99. The highest BCUT2D eigenvalue weighted by Gasteiger charge is 2.27. The van der Waals surface area contributed by atoms with Crippen molar-refractivity contribution < 1.29 is 13.9 Å². The maximum Gasteiger partial charge on any atom is 0.410 e. The van der Waals surface area contributed by atoms with Crippen LogP contribution < -0.4 is 5.32 Å². The lowest BCUT2D eigenvalue weighted by molar-refractivity contribution is 0.0210. The highest BCUT2D eigenvalue weighted by molar-refractivity contribution is 5.68. The highest BCUT2D eigenvalue weighted by atomic mass is 19.1. The van der Waals surface area contributed by atoms with Crippen molar-refractivity contribution in [1.29, 1.82) is 0 Å². The van der Waals surface area contributed by atoms with Gasteiger partial charge in [0.05, 0.1) is 18.1 Å². The van der Waals surface area contributed by atoms with Crippen LogP contribution in [0, 0.1) is 5.82 Å². The van der Waals surface area contributed by atoms with Crippen molar-refractivity contribution in [2.45, 2.75) is 45.3 Å². The minimum Gasteiger partial charge on any atom is -0.444 e. The Bertz CT molecular complexity index is 1050. The summed E-state index contributed by atoms with van der Waals surface area (Å²) in [6.45, 7) is 6.72. The summed E-state index contributed by atoms with van der Waals surface area (Å²) in [7, 11) is 0. The summed E-state index contributed by atoms with van der Waals surface area (Å²) in [6.07, 6.45) is 5.75. The van der Waals surface area contributed by atoms with Crippen LogP contribution in [0.25, 0.3) is 17.0 Å². The number of anilines is 1. The molecule has 1 N–H and O–H groups in total. The number of likely N-dealkylation sites (tertiary alicyclic amines) is 1. The number of aromatic nitrogens is 4. The summed E-state index contributed by atoms with van der Waals surface area (Å²) in [5.41, 5.74) is 0.961. The summed E-state index contributed by atoms with van der Waals surface area (Å²) >= 11 is 0. The molecule has 0 saturated carbocycles. The molecular formula is C21H25FN6O2. The van der Waals surface area contributed by atoms with E-state index in [9.17, 15) is 9.18 Å². The van der Waals surface area contributed by atoms with Crippen LogP contribution in [0.4, 0.5) is 15.1 Å². The summed E-state index contributed by atoms with van der Waals surface area (Å²) in [6, 6.07) is 5.66. The monoisotopic (exact) mass is 412 g/mol. The molecule has 0 aromatic carbocycles. The van der Waals surface area contributed by atoms with E-state index in [4.69, 9.17) is 4.74 Å². The van der Waals surface area contributed by atoms with Crippen LogP contribution in [0.2, 0.25) is 0 Å². The Balaban J connectivity index is 1.44. The summed E-state index contributed by atoms with van der Waals surface area (Å²) in [5, 5.41) is 3.27. The average molecular weight is 412 g/mol. The second-order valence-corrected chi connectivity index (χ2v) is 8.35. The zero-order valence-corrected chi connectivity index (χ0v) is 17.3. The molecule has 1 saturated heterocycles. The van der Waals surface area contributed by atoms with E-state index in [-0.39, 0.29) is 17.8 Å². The summed E-state index contributed by atoms with van der Waals surface area (Å²) in [5.74, 6) is -0.154. The van der Waals surface area contributed by atoms with E-state index in [1.165, 1.54) is 6.20 Å². The average Bonchev–Trinajstić information content (AvgIpc) is 3.13. The Hall–Kier alpha value is -3.23. The molecule has 1 amide bonds. The molecule has 1 fully saturated rings. The molecule has 1 aliphatic heterocycles. The molecule has 30 heavy (non-hydrogen) atoms. The van der Waals surface area contributed by atoms with Gasteiger partial charge in [0.25, 0.3) is 0 Å². The van der Waals surface area contributed by atoms with Crippen molar-refractivity contribution in [1.82, 2.24) is 24.3 Å². The largest absolute Gasteiger partial charge is 0.444 e. The van der Waals surface area contributed by atoms with Gasteiger partial charge in [-0.05, 0) is 45.7 Å². The number of amides is 1. The first-order chi connectivity index (χ1) is 14.3. The van der Waals surface area contributed by atoms with Crippen molar-refractivity contribution in [3.63, 3.8) is 0 Å². The molecule has 0 radical (unpaired) electrons. The molecule has 4 heterocycles. The number of nitrogens with zero attached hydrogens (tertiary/aromatic N) is 5. The smallest absolute Gasteiger partial charge is 0.410 e. The molecule has 9 heteroatoms. The summed E-state index contributed by atoms with van der Waals surface area (Å²) < 4.78 is 21.7. The Morgan fingerprint density at radius 1 is 1.20 bits per heavy atom. The molecule has 0 bridgehead atoms. The fourth-order valence-corrected chi connectivity index (χ4v) is 3.44. The van der Waals surface area contributed by atoms with Crippen molar-refractivity contribution in [2.75, 3.05) is 18.4 Å². The number of ether oxygens (including phenoxy) is 1. The number of carbonyl (C=O) groups excluding carboxylic acids is 1. The van der Waals surface area contributed by atoms with Crippen molar-refractivity contribution in [3.05, 3.63) is 42.6 Å². The molecule has 3 aromatic heterocycles. The lowest BCUT2D eigenvalue weighted by Crippen LogP contribution is -2.44. The van der Waals surface area contributed by atoms with Crippen molar-refractivity contribution in [3.8, 4) is 11.4 Å². The number of halogens is 1. The Labute approximate surface area is 174 Å². The molecule has 4 rings (SSSR count). The van der Waals surface area contributed by atoms with Crippen LogP contribution in [-0.4, -0.2) is 55.1 Å². The maximum absolute atomic E-state index is 14.5. The van der Waals surface area contributed by atoms with Gasteiger partial charge in [-0.1, -0.05) is 6.07 Å². The number of hydrogen-bond donors (Lipinski definition) is 1. The summed E-state index contributed by atoms with van der Waals surface area (Å²) in [4.78, 5) is 26.7. The van der Waals surface area contributed by atoms with Crippen LogP contribution in [0.5, 0.6) is 0 Å². The van der Waals surface area contributed by atoms with Crippen LogP contribution in [0.3, 0.4) is 0 Å². The Morgan fingerprint density at radius 3 is 2.70 bits per heavy atom. The third-order valence-corrected chi connectivity index (χ3v) is 4.88. The van der Waals surface area contributed by atoms with Gasteiger partial charge in [0.1, 0.15) is 16.9 Å². The normalized spacial score (nSPS) is 15.4. The molecule has 1 aliphatic rings.